The van der Waals surface area contributed by atoms with Crippen LogP contribution in [0.4, 0.5) is 4.39 Å². The van der Waals surface area contributed by atoms with Gasteiger partial charge in [0.05, 0.1) is 0 Å². The van der Waals surface area contributed by atoms with E-state index >= 15 is 0 Å². The molecule has 3 heteroatoms. The van der Waals surface area contributed by atoms with Crippen molar-refractivity contribution >= 4 is 5.97 Å². The molecule has 0 aliphatic heterocycles. The van der Waals surface area contributed by atoms with Gasteiger partial charge in [0.25, 0.3) is 0 Å². The van der Waals surface area contributed by atoms with Crippen LogP contribution >= 0.6 is 0 Å². The molecule has 0 aromatic heterocycles. The van der Waals surface area contributed by atoms with Crippen LogP contribution in [0.25, 0.3) is 11.1 Å². The Labute approximate surface area is 130 Å². The van der Waals surface area contributed by atoms with E-state index < -0.39 is 5.97 Å². The van der Waals surface area contributed by atoms with Gasteiger partial charge in [0.2, 0.25) is 0 Å². The lowest BCUT2D eigenvalue weighted by Crippen LogP contribution is -2.16. The Hall–Kier alpha value is -2.16. The molecule has 0 spiro atoms. The minimum atomic E-state index is -0.748. The molecule has 1 unspecified atom stereocenters. The molecule has 0 radical (unpaired) electrons. The van der Waals surface area contributed by atoms with Crippen LogP contribution in [-0.2, 0) is 11.2 Å². The quantitative estimate of drug-likeness (QED) is 0.833. The molecule has 0 saturated heterocycles. The van der Waals surface area contributed by atoms with Crippen molar-refractivity contribution in [1.82, 2.24) is 0 Å². The summed E-state index contributed by atoms with van der Waals surface area (Å²) in [5.74, 6) is -0.530. The fourth-order valence-corrected chi connectivity index (χ4v) is 2.55. The van der Waals surface area contributed by atoms with E-state index in [1.54, 1.807) is 12.1 Å². The third-order valence-electron chi connectivity index (χ3n) is 4.01. The maximum absolute atomic E-state index is 12.9. The van der Waals surface area contributed by atoms with Gasteiger partial charge in [-0.05, 0) is 47.1 Å². The molecule has 2 nitrogen and oxygen atoms in total. The minimum absolute atomic E-state index is 0.133. The zero-order valence-electron chi connectivity index (χ0n) is 12.9. The fraction of sp³-hybridized carbons (Fsp3) is 0.316. The Kier molecular flexibility index (Phi) is 5.31. The van der Waals surface area contributed by atoms with Crippen LogP contribution in [-0.4, -0.2) is 11.1 Å². The maximum atomic E-state index is 12.9. The van der Waals surface area contributed by atoms with Crippen LogP contribution in [0.15, 0.2) is 48.5 Å². The summed E-state index contributed by atoms with van der Waals surface area (Å²) in [5.41, 5.74) is 3.13. The van der Waals surface area contributed by atoms with E-state index in [0.29, 0.717) is 5.92 Å². The molecule has 0 saturated carbocycles. The van der Waals surface area contributed by atoms with Gasteiger partial charge in [-0.2, -0.15) is 0 Å². The fourth-order valence-electron chi connectivity index (χ4n) is 2.55. The highest BCUT2D eigenvalue weighted by Gasteiger charge is 2.17. The molecule has 0 aliphatic carbocycles. The molecule has 1 atom stereocenters. The van der Waals surface area contributed by atoms with Gasteiger partial charge in [0.15, 0.2) is 0 Å². The molecule has 116 valence electrons. The molecular formula is C19H21FO2. The summed E-state index contributed by atoms with van der Waals surface area (Å²) in [7, 11) is 0. The number of halogens is 1. The number of benzene rings is 2. The molecular weight excluding hydrogens is 279 g/mol. The first-order valence-corrected chi connectivity index (χ1v) is 7.52. The van der Waals surface area contributed by atoms with Crippen molar-refractivity contribution < 1.29 is 14.3 Å². The van der Waals surface area contributed by atoms with Crippen LogP contribution in [0.5, 0.6) is 0 Å². The van der Waals surface area contributed by atoms with Crippen molar-refractivity contribution in [3.63, 3.8) is 0 Å². The van der Waals surface area contributed by atoms with E-state index in [2.05, 4.69) is 13.8 Å². The first-order valence-electron chi connectivity index (χ1n) is 7.52. The van der Waals surface area contributed by atoms with Crippen molar-refractivity contribution in [1.29, 1.82) is 0 Å². The van der Waals surface area contributed by atoms with Crippen molar-refractivity contribution in [2.24, 2.45) is 11.8 Å². The summed E-state index contributed by atoms with van der Waals surface area (Å²) in [6.07, 6.45) is 0.949. The van der Waals surface area contributed by atoms with Gasteiger partial charge in [-0.1, -0.05) is 50.2 Å². The first-order chi connectivity index (χ1) is 10.5. The topological polar surface area (TPSA) is 37.3 Å². The largest absolute Gasteiger partial charge is 0.481 e. The Balaban J connectivity index is 2.11. The summed E-state index contributed by atoms with van der Waals surface area (Å²) in [5, 5.41) is 9.00. The van der Waals surface area contributed by atoms with Crippen LogP contribution in [0.3, 0.4) is 0 Å². The second kappa shape index (κ2) is 7.21. The van der Waals surface area contributed by atoms with Gasteiger partial charge in [0.1, 0.15) is 5.82 Å². The normalized spacial score (nSPS) is 12.4. The Bertz CT molecular complexity index is 615. The Morgan fingerprint density at radius 2 is 1.50 bits per heavy atom. The van der Waals surface area contributed by atoms with Gasteiger partial charge in [-0.3, -0.25) is 4.79 Å². The smallest absolute Gasteiger partial charge is 0.303 e. The average molecular weight is 300 g/mol. The SMILES string of the molecule is CC(C)C(CC(=O)O)Cc1ccc(-c2ccc(F)cc2)cc1. The number of aliphatic carboxylic acids is 1. The average Bonchev–Trinajstić information content (AvgIpc) is 2.48. The second-order valence-corrected chi connectivity index (χ2v) is 6.01. The van der Waals surface area contributed by atoms with Gasteiger partial charge in [-0.25, -0.2) is 4.39 Å². The molecule has 2 rings (SSSR count). The predicted molar refractivity (Wildman–Crippen MR) is 86.1 cm³/mol. The Morgan fingerprint density at radius 3 is 1.95 bits per heavy atom. The molecule has 0 bridgehead atoms. The van der Waals surface area contributed by atoms with Gasteiger partial charge >= 0.3 is 5.97 Å². The van der Waals surface area contributed by atoms with E-state index in [4.69, 9.17) is 5.11 Å². The summed E-state index contributed by atoms with van der Waals surface area (Å²) >= 11 is 0. The number of rotatable bonds is 6. The monoisotopic (exact) mass is 300 g/mol. The third-order valence-corrected chi connectivity index (χ3v) is 4.01. The summed E-state index contributed by atoms with van der Waals surface area (Å²) < 4.78 is 12.9. The minimum Gasteiger partial charge on any atom is -0.481 e. The van der Waals surface area contributed by atoms with Gasteiger partial charge in [-0.15, -0.1) is 0 Å². The highest BCUT2D eigenvalue weighted by Crippen LogP contribution is 2.24. The zero-order valence-corrected chi connectivity index (χ0v) is 12.9. The standard InChI is InChI=1S/C19H21FO2/c1-13(2)17(12-19(21)22)11-14-3-5-15(6-4-14)16-7-9-18(20)10-8-16/h3-10,13,17H,11-12H2,1-2H3,(H,21,22). The molecule has 0 amide bonds. The second-order valence-electron chi connectivity index (χ2n) is 6.01. The maximum Gasteiger partial charge on any atom is 0.303 e. The van der Waals surface area contributed by atoms with E-state index in [-0.39, 0.29) is 18.2 Å². The number of carboxylic acid groups (broad SMARTS) is 1. The lowest BCUT2D eigenvalue weighted by atomic mass is 9.86. The molecule has 0 heterocycles. The number of hydrogen-bond donors (Lipinski definition) is 1. The van der Waals surface area contributed by atoms with Crippen LogP contribution in [0.1, 0.15) is 25.8 Å². The van der Waals surface area contributed by atoms with E-state index in [1.165, 1.54) is 12.1 Å². The number of carbonyl (C=O) groups is 1. The van der Waals surface area contributed by atoms with Crippen molar-refractivity contribution in [3.05, 3.63) is 59.9 Å². The predicted octanol–water partition coefficient (Wildman–Crippen LogP) is 4.78. The van der Waals surface area contributed by atoms with Crippen LogP contribution in [0.2, 0.25) is 0 Å². The molecule has 1 N–H and O–H groups in total. The van der Waals surface area contributed by atoms with Crippen molar-refractivity contribution in [2.75, 3.05) is 0 Å². The first kappa shape index (κ1) is 16.2. The zero-order chi connectivity index (χ0) is 16.1. The van der Waals surface area contributed by atoms with Crippen molar-refractivity contribution in [3.8, 4) is 11.1 Å². The van der Waals surface area contributed by atoms with Crippen LogP contribution < -0.4 is 0 Å². The van der Waals surface area contributed by atoms with E-state index in [1.807, 2.05) is 24.3 Å². The lowest BCUT2D eigenvalue weighted by Gasteiger charge is -2.19. The van der Waals surface area contributed by atoms with E-state index in [9.17, 15) is 9.18 Å². The third kappa shape index (κ3) is 4.42. The highest BCUT2D eigenvalue weighted by molar-refractivity contribution is 5.67. The molecule has 0 aliphatic rings. The Morgan fingerprint density at radius 1 is 1.00 bits per heavy atom. The van der Waals surface area contributed by atoms with Crippen molar-refractivity contribution in [2.45, 2.75) is 26.7 Å². The number of carboxylic acids is 1. The van der Waals surface area contributed by atoms with Gasteiger partial charge < -0.3 is 5.11 Å². The molecule has 22 heavy (non-hydrogen) atoms. The highest BCUT2D eigenvalue weighted by atomic mass is 19.1. The summed E-state index contributed by atoms with van der Waals surface area (Å²) in [6.45, 7) is 4.11. The van der Waals surface area contributed by atoms with Gasteiger partial charge in [0, 0.05) is 6.42 Å². The van der Waals surface area contributed by atoms with Crippen LogP contribution in [0, 0.1) is 17.7 Å². The molecule has 2 aromatic carbocycles. The molecule has 2 aromatic rings. The lowest BCUT2D eigenvalue weighted by molar-refractivity contribution is -0.138. The van der Waals surface area contributed by atoms with E-state index in [0.717, 1.165) is 23.1 Å². The summed E-state index contributed by atoms with van der Waals surface area (Å²) in [4.78, 5) is 10.9. The number of hydrogen-bond acceptors (Lipinski definition) is 1. The summed E-state index contributed by atoms with van der Waals surface area (Å²) in [6, 6.07) is 14.5. The molecule has 0 fully saturated rings.